The Morgan fingerprint density at radius 3 is 2.75 bits per heavy atom. The van der Waals surface area contributed by atoms with Gasteiger partial charge in [0, 0.05) is 25.7 Å². The third-order valence-corrected chi connectivity index (χ3v) is 5.13. The Kier molecular flexibility index (Phi) is 4.33. The number of β-amino-alcohol motifs (C(OH)–C–C–N with tert-alkyl or cyclic N) is 1. The van der Waals surface area contributed by atoms with Crippen molar-refractivity contribution in [3.05, 3.63) is 34.4 Å². The lowest BCUT2D eigenvalue weighted by molar-refractivity contribution is -0.387. The van der Waals surface area contributed by atoms with Crippen LogP contribution in [-0.4, -0.2) is 43.1 Å². The largest absolute Gasteiger partial charge is 0.392 e. The Balaban J connectivity index is 2.42. The summed E-state index contributed by atoms with van der Waals surface area (Å²) in [5, 5.41) is 25.1. The van der Waals surface area contributed by atoms with Gasteiger partial charge in [-0.2, -0.15) is 0 Å². The van der Waals surface area contributed by atoms with E-state index in [0.717, 1.165) is 6.07 Å². The number of para-hydroxylation sites is 1. The van der Waals surface area contributed by atoms with Crippen molar-refractivity contribution < 1.29 is 18.4 Å². The third-order valence-electron chi connectivity index (χ3n) is 3.06. The normalized spacial score (nSPS) is 24.1. The molecule has 1 saturated heterocycles. The summed E-state index contributed by atoms with van der Waals surface area (Å²) in [6.07, 6.45) is -0.853. The van der Waals surface area contributed by atoms with Gasteiger partial charge in [-0.25, -0.2) is 8.42 Å². The summed E-state index contributed by atoms with van der Waals surface area (Å²) in [6.45, 7) is 0.484. The fourth-order valence-corrected chi connectivity index (χ4v) is 3.86. The molecule has 9 heteroatoms. The average Bonchev–Trinajstić information content (AvgIpc) is 2.64. The van der Waals surface area contributed by atoms with Gasteiger partial charge < -0.3 is 10.4 Å². The maximum atomic E-state index is 12.5. The van der Waals surface area contributed by atoms with Crippen LogP contribution in [0.3, 0.4) is 0 Å². The summed E-state index contributed by atoms with van der Waals surface area (Å²) in [5.74, 6) is 0. The van der Waals surface area contributed by atoms with Crippen molar-refractivity contribution in [3.63, 3.8) is 0 Å². The van der Waals surface area contributed by atoms with Crippen molar-refractivity contribution in [2.75, 3.05) is 13.2 Å². The molecule has 0 aliphatic carbocycles. The Labute approximate surface area is 115 Å². The van der Waals surface area contributed by atoms with Gasteiger partial charge >= 0.3 is 0 Å². The standard InChI is InChI=1S/C11H15N3O5S/c15-8-5-11(13-7-12-6-8)20(18,19)10-4-2-1-3-9(10)14(16)17/h1-4,8,11-13,15H,5-7H2/t8-,11?/m0/s1. The zero-order valence-electron chi connectivity index (χ0n) is 10.5. The summed E-state index contributed by atoms with van der Waals surface area (Å²) in [7, 11) is -3.95. The molecule has 0 aromatic heterocycles. The minimum Gasteiger partial charge on any atom is -0.392 e. The van der Waals surface area contributed by atoms with E-state index in [0.29, 0.717) is 0 Å². The summed E-state index contributed by atoms with van der Waals surface area (Å²) in [6, 6.07) is 5.21. The molecule has 110 valence electrons. The number of nitro groups is 1. The van der Waals surface area contributed by atoms with E-state index in [1.807, 2.05) is 0 Å². The lowest BCUT2D eigenvalue weighted by Crippen LogP contribution is -2.39. The molecule has 1 aromatic rings. The van der Waals surface area contributed by atoms with Crippen molar-refractivity contribution in [1.29, 1.82) is 0 Å². The molecule has 0 bridgehead atoms. The number of nitrogens with one attached hydrogen (secondary N) is 2. The van der Waals surface area contributed by atoms with E-state index in [4.69, 9.17) is 0 Å². The minimum absolute atomic E-state index is 0.0264. The molecule has 0 radical (unpaired) electrons. The lowest BCUT2D eigenvalue weighted by atomic mass is 10.2. The second-order valence-electron chi connectivity index (χ2n) is 4.48. The van der Waals surface area contributed by atoms with Crippen LogP contribution in [-0.2, 0) is 9.84 Å². The minimum atomic E-state index is -3.95. The predicted molar refractivity (Wildman–Crippen MR) is 70.7 cm³/mol. The van der Waals surface area contributed by atoms with Crippen LogP contribution >= 0.6 is 0 Å². The number of aliphatic hydroxyl groups excluding tert-OH is 1. The molecule has 1 fully saturated rings. The number of aliphatic hydroxyl groups is 1. The second-order valence-corrected chi connectivity index (χ2v) is 6.58. The van der Waals surface area contributed by atoms with Crippen LogP contribution in [0.5, 0.6) is 0 Å². The third kappa shape index (κ3) is 2.96. The summed E-state index contributed by atoms with van der Waals surface area (Å²) < 4.78 is 25.0. The first-order chi connectivity index (χ1) is 9.43. The maximum Gasteiger partial charge on any atom is 0.288 e. The first kappa shape index (κ1) is 14.9. The first-order valence-corrected chi connectivity index (χ1v) is 7.57. The van der Waals surface area contributed by atoms with Crippen LogP contribution in [0.15, 0.2) is 29.2 Å². The highest BCUT2D eigenvalue weighted by atomic mass is 32.2. The molecule has 1 aromatic carbocycles. The number of benzene rings is 1. The zero-order chi connectivity index (χ0) is 14.8. The Morgan fingerprint density at radius 2 is 2.05 bits per heavy atom. The molecule has 1 aliphatic heterocycles. The van der Waals surface area contributed by atoms with Gasteiger partial charge in [-0.15, -0.1) is 0 Å². The van der Waals surface area contributed by atoms with Crippen LogP contribution in [0, 0.1) is 10.1 Å². The summed E-state index contributed by atoms with van der Waals surface area (Å²) >= 11 is 0. The zero-order valence-corrected chi connectivity index (χ0v) is 11.3. The molecule has 3 N–H and O–H groups in total. The van der Waals surface area contributed by atoms with Crippen molar-refractivity contribution in [2.24, 2.45) is 0 Å². The van der Waals surface area contributed by atoms with E-state index in [1.165, 1.54) is 18.2 Å². The molecule has 0 amide bonds. The topological polar surface area (TPSA) is 122 Å². The molecule has 1 aliphatic rings. The van der Waals surface area contributed by atoms with Gasteiger partial charge in [-0.3, -0.25) is 15.4 Å². The highest BCUT2D eigenvalue weighted by molar-refractivity contribution is 7.92. The lowest BCUT2D eigenvalue weighted by Gasteiger charge is -2.17. The summed E-state index contributed by atoms with van der Waals surface area (Å²) in [5.41, 5.74) is -0.457. The fraction of sp³-hybridized carbons (Fsp3) is 0.455. The molecular weight excluding hydrogens is 286 g/mol. The second kappa shape index (κ2) is 5.83. The fourth-order valence-electron chi connectivity index (χ4n) is 2.08. The van der Waals surface area contributed by atoms with Crippen molar-refractivity contribution >= 4 is 15.5 Å². The van der Waals surface area contributed by atoms with E-state index in [9.17, 15) is 23.6 Å². The van der Waals surface area contributed by atoms with Crippen LogP contribution in [0.1, 0.15) is 6.42 Å². The molecule has 2 rings (SSSR count). The number of nitro benzene ring substituents is 1. The van der Waals surface area contributed by atoms with Gasteiger partial charge in [0.1, 0.15) is 10.3 Å². The van der Waals surface area contributed by atoms with Crippen LogP contribution in [0.4, 0.5) is 5.69 Å². The molecule has 1 unspecified atom stereocenters. The SMILES string of the molecule is O=[N+]([O-])c1ccccc1S(=O)(=O)C1C[C@H](O)CNCN1. The number of hydrogen-bond donors (Lipinski definition) is 3. The monoisotopic (exact) mass is 301 g/mol. The highest BCUT2D eigenvalue weighted by Gasteiger charge is 2.35. The van der Waals surface area contributed by atoms with E-state index in [-0.39, 0.29) is 24.5 Å². The first-order valence-electron chi connectivity index (χ1n) is 6.02. The number of hydrogen-bond acceptors (Lipinski definition) is 7. The van der Waals surface area contributed by atoms with Crippen LogP contribution < -0.4 is 10.6 Å². The van der Waals surface area contributed by atoms with Gasteiger partial charge in [-0.05, 0) is 6.07 Å². The van der Waals surface area contributed by atoms with Crippen molar-refractivity contribution in [3.8, 4) is 0 Å². The van der Waals surface area contributed by atoms with Gasteiger partial charge in [0.2, 0.25) is 9.84 Å². The van der Waals surface area contributed by atoms with Gasteiger partial charge in [0.15, 0.2) is 0 Å². The van der Waals surface area contributed by atoms with E-state index in [1.54, 1.807) is 0 Å². The number of rotatable bonds is 3. The maximum absolute atomic E-state index is 12.5. The van der Waals surface area contributed by atoms with E-state index < -0.39 is 31.9 Å². The molecule has 0 spiro atoms. The Morgan fingerprint density at radius 1 is 1.35 bits per heavy atom. The van der Waals surface area contributed by atoms with E-state index >= 15 is 0 Å². The predicted octanol–water partition coefficient (Wildman–Crippen LogP) is -0.404. The average molecular weight is 301 g/mol. The van der Waals surface area contributed by atoms with Crippen LogP contribution in [0.25, 0.3) is 0 Å². The smallest absolute Gasteiger partial charge is 0.288 e. The summed E-state index contributed by atoms with van der Waals surface area (Å²) in [4.78, 5) is 9.88. The van der Waals surface area contributed by atoms with Crippen molar-refractivity contribution in [2.45, 2.75) is 22.8 Å². The molecular formula is C11H15N3O5S. The molecule has 20 heavy (non-hydrogen) atoms. The van der Waals surface area contributed by atoms with Gasteiger partial charge in [-0.1, -0.05) is 12.1 Å². The highest BCUT2D eigenvalue weighted by Crippen LogP contribution is 2.27. The number of sulfone groups is 1. The molecule has 2 atom stereocenters. The Bertz CT molecular complexity index is 604. The number of nitrogens with zero attached hydrogens (tertiary/aromatic N) is 1. The molecule has 0 saturated carbocycles. The van der Waals surface area contributed by atoms with E-state index in [2.05, 4.69) is 10.6 Å². The molecule has 1 heterocycles. The quantitative estimate of drug-likeness (QED) is 0.512. The van der Waals surface area contributed by atoms with Gasteiger partial charge in [0.25, 0.3) is 5.69 Å². The Hall–Kier alpha value is -1.55. The van der Waals surface area contributed by atoms with Crippen molar-refractivity contribution in [1.82, 2.24) is 10.6 Å². The van der Waals surface area contributed by atoms with Gasteiger partial charge in [0.05, 0.1) is 11.0 Å². The molecule has 8 nitrogen and oxygen atoms in total. The van der Waals surface area contributed by atoms with Crippen LogP contribution in [0.2, 0.25) is 0 Å².